The Balaban J connectivity index is 1.54. The van der Waals surface area contributed by atoms with Crippen LogP contribution in [-0.2, 0) is 9.53 Å². The first-order chi connectivity index (χ1) is 13.2. The number of carbonyl (C=O) groups excluding carboxylic acids is 1. The maximum absolute atomic E-state index is 12.3. The van der Waals surface area contributed by atoms with E-state index in [1.807, 2.05) is 6.92 Å². The minimum absolute atomic E-state index is 0.233. The number of fused-ring (bicyclic) bond motifs is 5. The molecule has 1 N–H and O–H groups in total. The predicted molar refractivity (Wildman–Crippen MR) is 110 cm³/mol. The number of hydrogen-bond acceptors (Lipinski definition) is 3. The topological polar surface area (TPSA) is 46.5 Å². The second-order valence-corrected chi connectivity index (χ2v) is 10.9. The Labute approximate surface area is 171 Å². The highest BCUT2D eigenvalue weighted by Gasteiger charge is 2.61. The largest absolute Gasteiger partial charge is 0.378 e. The second kappa shape index (κ2) is 7.13. The third-order valence-electron chi connectivity index (χ3n) is 9.75. The van der Waals surface area contributed by atoms with Gasteiger partial charge in [-0.2, -0.15) is 0 Å². The van der Waals surface area contributed by atoms with Crippen LogP contribution in [0.4, 0.5) is 0 Å². The van der Waals surface area contributed by atoms with Crippen LogP contribution < -0.4 is 0 Å². The van der Waals surface area contributed by atoms with E-state index in [0.29, 0.717) is 23.7 Å². The molecule has 0 spiro atoms. The summed E-state index contributed by atoms with van der Waals surface area (Å²) in [5.41, 5.74) is -0.267. The molecule has 0 radical (unpaired) electrons. The molecule has 4 fully saturated rings. The highest BCUT2D eigenvalue weighted by molar-refractivity contribution is 5.79. The molecule has 0 heterocycles. The maximum Gasteiger partial charge on any atom is 0.133 e. The van der Waals surface area contributed by atoms with Crippen molar-refractivity contribution in [1.29, 1.82) is 0 Å². The van der Waals surface area contributed by atoms with Gasteiger partial charge in [0.2, 0.25) is 0 Å². The normalized spacial score (nSPS) is 50.0. The van der Waals surface area contributed by atoms with Gasteiger partial charge >= 0.3 is 0 Å². The average molecular weight is 387 g/mol. The molecular formula is C25H38O3. The average Bonchev–Trinajstić information content (AvgIpc) is 3.00. The number of Topliss-reactive ketones (excluding diaryl/α,β-unsaturated/α-hetero) is 1. The van der Waals surface area contributed by atoms with E-state index in [1.165, 1.54) is 32.1 Å². The molecular weight excluding hydrogens is 348 g/mol. The molecule has 28 heavy (non-hydrogen) atoms. The van der Waals surface area contributed by atoms with Gasteiger partial charge in [-0.25, -0.2) is 0 Å². The Morgan fingerprint density at radius 3 is 2.50 bits per heavy atom. The molecule has 4 rings (SSSR count). The van der Waals surface area contributed by atoms with Crippen molar-refractivity contribution in [3.63, 3.8) is 0 Å². The van der Waals surface area contributed by atoms with E-state index in [-0.39, 0.29) is 11.3 Å². The SMILES string of the molecule is COCC#C[C@@]1(O)CC[C@@]2(C)C(CCC3C2CC[C@]2(C)[C@@H](C(C)=O)CC[C@H]32)C1. The molecule has 0 saturated heterocycles. The van der Waals surface area contributed by atoms with Crippen LogP contribution in [0.15, 0.2) is 0 Å². The number of hydrogen-bond donors (Lipinski definition) is 1. The Bertz CT molecular complexity index is 690. The number of ketones is 1. The third kappa shape index (κ3) is 3.07. The molecule has 3 heteroatoms. The van der Waals surface area contributed by atoms with Gasteiger partial charge in [-0.3, -0.25) is 4.79 Å². The Morgan fingerprint density at radius 2 is 1.79 bits per heavy atom. The Kier molecular flexibility index (Phi) is 5.20. The van der Waals surface area contributed by atoms with E-state index >= 15 is 0 Å². The summed E-state index contributed by atoms with van der Waals surface area (Å²) in [7, 11) is 1.65. The van der Waals surface area contributed by atoms with Crippen molar-refractivity contribution in [2.24, 2.45) is 40.4 Å². The van der Waals surface area contributed by atoms with Gasteiger partial charge in [0.25, 0.3) is 0 Å². The molecule has 156 valence electrons. The van der Waals surface area contributed by atoms with Gasteiger partial charge in [0.15, 0.2) is 0 Å². The minimum atomic E-state index is -0.828. The smallest absolute Gasteiger partial charge is 0.133 e. The zero-order valence-corrected chi connectivity index (χ0v) is 18.2. The van der Waals surface area contributed by atoms with Crippen LogP contribution in [0.25, 0.3) is 0 Å². The molecule has 0 aromatic heterocycles. The summed E-state index contributed by atoms with van der Waals surface area (Å²) in [6.45, 7) is 7.14. The number of aliphatic hydroxyl groups is 1. The van der Waals surface area contributed by atoms with E-state index < -0.39 is 5.60 Å². The molecule has 3 nitrogen and oxygen atoms in total. The van der Waals surface area contributed by atoms with Crippen LogP contribution in [0.1, 0.15) is 78.6 Å². The van der Waals surface area contributed by atoms with Crippen LogP contribution in [0.2, 0.25) is 0 Å². The first kappa shape index (κ1) is 20.4. The van der Waals surface area contributed by atoms with Crippen molar-refractivity contribution in [3.8, 4) is 11.8 Å². The molecule has 3 unspecified atom stereocenters. The van der Waals surface area contributed by atoms with E-state index in [9.17, 15) is 9.90 Å². The summed E-state index contributed by atoms with van der Waals surface area (Å²) in [6, 6.07) is 0. The van der Waals surface area contributed by atoms with Gasteiger partial charge in [0.1, 0.15) is 18.0 Å². The van der Waals surface area contributed by atoms with Crippen molar-refractivity contribution in [2.45, 2.75) is 84.2 Å². The Hall–Kier alpha value is -0.850. The van der Waals surface area contributed by atoms with Crippen molar-refractivity contribution >= 4 is 5.78 Å². The standard InChI is InChI=1S/C25H38O3/c1-17(26)20-8-9-21-19-7-6-18-16-25(27,11-5-15-28-4)14-13-23(18,2)22(19)10-12-24(20,21)3/h18-22,27H,6-10,12-16H2,1-4H3/t18?,19?,20-,21-,22?,23+,24-,25-/m1/s1. The zero-order valence-electron chi connectivity index (χ0n) is 18.2. The minimum Gasteiger partial charge on any atom is -0.378 e. The summed E-state index contributed by atoms with van der Waals surface area (Å²) >= 11 is 0. The fraction of sp³-hybridized carbons (Fsp3) is 0.880. The molecule has 0 bridgehead atoms. The van der Waals surface area contributed by atoms with Crippen molar-refractivity contribution < 1.29 is 14.6 Å². The van der Waals surface area contributed by atoms with Crippen molar-refractivity contribution in [2.75, 3.05) is 13.7 Å². The lowest BCUT2D eigenvalue weighted by Gasteiger charge is -2.61. The van der Waals surface area contributed by atoms with Crippen LogP contribution in [0.5, 0.6) is 0 Å². The van der Waals surface area contributed by atoms with Crippen LogP contribution in [0, 0.1) is 52.3 Å². The Morgan fingerprint density at radius 1 is 1.04 bits per heavy atom. The number of rotatable bonds is 2. The molecule has 4 aliphatic carbocycles. The molecule has 4 saturated carbocycles. The first-order valence-corrected chi connectivity index (χ1v) is 11.5. The van der Waals surface area contributed by atoms with Gasteiger partial charge < -0.3 is 9.84 Å². The zero-order chi connectivity index (χ0) is 20.2. The van der Waals surface area contributed by atoms with Crippen LogP contribution in [-0.4, -0.2) is 30.2 Å². The molecule has 0 aliphatic heterocycles. The highest BCUT2D eigenvalue weighted by Crippen LogP contribution is 2.68. The van der Waals surface area contributed by atoms with Gasteiger partial charge in [0.05, 0.1) is 0 Å². The summed E-state index contributed by atoms with van der Waals surface area (Å²) in [5, 5.41) is 11.1. The van der Waals surface area contributed by atoms with E-state index in [2.05, 4.69) is 25.7 Å². The summed E-state index contributed by atoms with van der Waals surface area (Å²) in [5.74, 6) is 9.66. The summed E-state index contributed by atoms with van der Waals surface area (Å²) in [6.07, 6.45) is 10.0. The number of methoxy groups -OCH3 is 1. The van der Waals surface area contributed by atoms with E-state index in [1.54, 1.807) is 7.11 Å². The molecule has 0 aromatic rings. The molecule has 4 aliphatic rings. The number of carbonyl (C=O) groups is 1. The van der Waals surface area contributed by atoms with Gasteiger partial charge in [-0.15, -0.1) is 0 Å². The molecule has 8 atom stereocenters. The third-order valence-corrected chi connectivity index (χ3v) is 9.75. The first-order valence-electron chi connectivity index (χ1n) is 11.5. The summed E-state index contributed by atoms with van der Waals surface area (Å²) in [4.78, 5) is 12.3. The monoisotopic (exact) mass is 386 g/mol. The van der Waals surface area contributed by atoms with Crippen LogP contribution in [0.3, 0.4) is 0 Å². The number of ether oxygens (including phenoxy) is 1. The van der Waals surface area contributed by atoms with E-state index in [0.717, 1.165) is 43.4 Å². The maximum atomic E-state index is 12.3. The summed E-state index contributed by atoms with van der Waals surface area (Å²) < 4.78 is 5.04. The highest BCUT2D eigenvalue weighted by atomic mass is 16.5. The van der Waals surface area contributed by atoms with E-state index in [4.69, 9.17) is 4.74 Å². The molecule has 0 aromatic carbocycles. The lowest BCUT2D eigenvalue weighted by Crippen LogP contribution is -2.56. The van der Waals surface area contributed by atoms with Crippen molar-refractivity contribution in [3.05, 3.63) is 0 Å². The fourth-order valence-corrected chi connectivity index (χ4v) is 8.30. The van der Waals surface area contributed by atoms with Gasteiger partial charge in [0, 0.05) is 13.0 Å². The van der Waals surface area contributed by atoms with Gasteiger partial charge in [-0.05, 0) is 99.2 Å². The quantitative estimate of drug-likeness (QED) is 0.705. The lowest BCUT2D eigenvalue weighted by molar-refractivity contribution is -0.144. The lowest BCUT2D eigenvalue weighted by atomic mass is 9.44. The van der Waals surface area contributed by atoms with Crippen LogP contribution >= 0.6 is 0 Å². The van der Waals surface area contributed by atoms with Crippen molar-refractivity contribution in [1.82, 2.24) is 0 Å². The molecule has 0 amide bonds. The second-order valence-electron chi connectivity index (χ2n) is 10.9. The van der Waals surface area contributed by atoms with Gasteiger partial charge in [-0.1, -0.05) is 25.7 Å². The predicted octanol–water partition coefficient (Wildman–Crippen LogP) is 4.62. The fourth-order valence-electron chi connectivity index (χ4n) is 8.30.